The largest absolute Gasteiger partial charge is 0.361 e. The number of hydrogen-bond donors (Lipinski definition) is 0. The van der Waals surface area contributed by atoms with Crippen molar-refractivity contribution < 1.29 is 4.74 Å². The molecular formula is C15H18O. The summed E-state index contributed by atoms with van der Waals surface area (Å²) in [5.74, 6) is 1.58. The molecule has 3 aliphatic rings. The minimum absolute atomic E-state index is 0.0646. The molecule has 1 saturated carbocycles. The van der Waals surface area contributed by atoms with E-state index >= 15 is 0 Å². The van der Waals surface area contributed by atoms with Crippen LogP contribution in [0.25, 0.3) is 0 Å². The maximum absolute atomic E-state index is 6.06. The second-order valence-corrected chi connectivity index (χ2v) is 5.79. The molecule has 16 heavy (non-hydrogen) atoms. The van der Waals surface area contributed by atoms with Gasteiger partial charge in [-0.25, -0.2) is 0 Å². The van der Waals surface area contributed by atoms with E-state index in [9.17, 15) is 0 Å². The predicted octanol–water partition coefficient (Wildman–Crippen LogP) is 3.59. The van der Waals surface area contributed by atoms with Gasteiger partial charge in [0.05, 0.1) is 6.10 Å². The third-order valence-electron chi connectivity index (χ3n) is 4.96. The SMILES string of the molecule is C[C@]12O[C@H]1[C@H]1CCCC[C@H]1c1ccccc12. The van der Waals surface area contributed by atoms with Crippen molar-refractivity contribution in [3.05, 3.63) is 35.4 Å². The van der Waals surface area contributed by atoms with E-state index in [4.69, 9.17) is 4.74 Å². The fourth-order valence-corrected chi connectivity index (χ4v) is 4.12. The van der Waals surface area contributed by atoms with Crippen LogP contribution in [0, 0.1) is 5.92 Å². The predicted molar refractivity (Wildman–Crippen MR) is 63.4 cm³/mol. The molecule has 0 unspecified atom stereocenters. The van der Waals surface area contributed by atoms with Crippen LogP contribution >= 0.6 is 0 Å². The Morgan fingerprint density at radius 3 is 2.94 bits per heavy atom. The van der Waals surface area contributed by atoms with Crippen molar-refractivity contribution in [3.63, 3.8) is 0 Å². The van der Waals surface area contributed by atoms with Gasteiger partial charge in [-0.2, -0.15) is 0 Å². The van der Waals surface area contributed by atoms with Gasteiger partial charge in [0.1, 0.15) is 5.60 Å². The van der Waals surface area contributed by atoms with E-state index in [0.29, 0.717) is 6.10 Å². The summed E-state index contributed by atoms with van der Waals surface area (Å²) in [7, 11) is 0. The van der Waals surface area contributed by atoms with Gasteiger partial charge < -0.3 is 4.74 Å². The van der Waals surface area contributed by atoms with Gasteiger partial charge in [0.25, 0.3) is 0 Å². The van der Waals surface area contributed by atoms with Gasteiger partial charge in [0.2, 0.25) is 0 Å². The Morgan fingerprint density at radius 1 is 1.19 bits per heavy atom. The molecule has 0 amide bonds. The number of benzene rings is 1. The van der Waals surface area contributed by atoms with E-state index in [1.165, 1.54) is 31.2 Å². The Labute approximate surface area is 96.8 Å². The molecule has 1 heteroatoms. The molecule has 84 valence electrons. The van der Waals surface area contributed by atoms with E-state index in [1.54, 1.807) is 5.56 Å². The third-order valence-corrected chi connectivity index (χ3v) is 4.96. The van der Waals surface area contributed by atoms with Crippen LogP contribution in [0.15, 0.2) is 24.3 Å². The molecule has 2 aliphatic carbocycles. The van der Waals surface area contributed by atoms with Crippen LogP contribution in [0.1, 0.15) is 49.7 Å². The molecule has 1 aromatic rings. The lowest BCUT2D eigenvalue weighted by molar-refractivity contribution is 0.236. The molecular weight excluding hydrogens is 196 g/mol. The summed E-state index contributed by atoms with van der Waals surface area (Å²) in [5, 5.41) is 0. The fourth-order valence-electron chi connectivity index (χ4n) is 4.12. The first-order chi connectivity index (χ1) is 7.81. The maximum atomic E-state index is 6.06. The van der Waals surface area contributed by atoms with Crippen molar-refractivity contribution in [2.24, 2.45) is 5.92 Å². The van der Waals surface area contributed by atoms with Gasteiger partial charge in [-0.05, 0) is 42.7 Å². The summed E-state index contributed by atoms with van der Waals surface area (Å²) < 4.78 is 6.06. The summed E-state index contributed by atoms with van der Waals surface area (Å²) >= 11 is 0. The lowest BCUT2D eigenvalue weighted by Gasteiger charge is -2.36. The molecule has 1 nitrogen and oxygen atoms in total. The molecule has 0 radical (unpaired) electrons. The molecule has 1 aliphatic heterocycles. The summed E-state index contributed by atoms with van der Waals surface area (Å²) in [6, 6.07) is 8.96. The summed E-state index contributed by atoms with van der Waals surface area (Å²) in [4.78, 5) is 0. The topological polar surface area (TPSA) is 12.5 Å². The van der Waals surface area contributed by atoms with Crippen molar-refractivity contribution in [2.75, 3.05) is 0 Å². The first kappa shape index (κ1) is 9.23. The fraction of sp³-hybridized carbons (Fsp3) is 0.600. The number of fused-ring (bicyclic) bond motifs is 6. The Balaban J connectivity index is 1.88. The Hall–Kier alpha value is -0.820. The molecule has 4 rings (SSSR count). The zero-order valence-corrected chi connectivity index (χ0v) is 9.78. The van der Waals surface area contributed by atoms with Crippen LogP contribution in [0.5, 0.6) is 0 Å². The minimum Gasteiger partial charge on any atom is -0.361 e. The average Bonchev–Trinajstić information content (AvgIpc) is 3.04. The van der Waals surface area contributed by atoms with Crippen molar-refractivity contribution in [2.45, 2.75) is 50.2 Å². The zero-order valence-electron chi connectivity index (χ0n) is 9.78. The molecule has 0 spiro atoms. The van der Waals surface area contributed by atoms with Crippen molar-refractivity contribution >= 4 is 0 Å². The molecule has 0 N–H and O–H groups in total. The normalized spacial score (nSPS) is 44.2. The van der Waals surface area contributed by atoms with Crippen molar-refractivity contribution in [1.29, 1.82) is 0 Å². The highest BCUT2D eigenvalue weighted by atomic mass is 16.6. The highest BCUT2D eigenvalue weighted by molar-refractivity contribution is 5.43. The molecule has 1 aromatic carbocycles. The van der Waals surface area contributed by atoms with E-state index < -0.39 is 0 Å². The van der Waals surface area contributed by atoms with E-state index in [2.05, 4.69) is 31.2 Å². The lowest BCUT2D eigenvalue weighted by Crippen LogP contribution is -2.32. The monoisotopic (exact) mass is 214 g/mol. The molecule has 1 saturated heterocycles. The number of hydrogen-bond acceptors (Lipinski definition) is 1. The van der Waals surface area contributed by atoms with Crippen LogP contribution in [-0.2, 0) is 10.3 Å². The summed E-state index contributed by atoms with van der Waals surface area (Å²) in [6.45, 7) is 2.28. The van der Waals surface area contributed by atoms with Gasteiger partial charge in [0, 0.05) is 0 Å². The number of rotatable bonds is 0. The standard InChI is InChI=1S/C15H18O/c1-15-13-9-5-4-7-11(13)10-6-2-3-8-12(10)14(15)16-15/h4-5,7,9-10,12,14H,2-3,6,8H2,1H3/t10-,12-,14-,15+/m0/s1. The first-order valence-electron chi connectivity index (χ1n) is 6.58. The molecule has 0 bridgehead atoms. The second kappa shape index (κ2) is 2.89. The Kier molecular flexibility index (Phi) is 1.67. The van der Waals surface area contributed by atoms with E-state index in [-0.39, 0.29) is 5.60 Å². The minimum atomic E-state index is 0.0646. The van der Waals surface area contributed by atoms with Crippen molar-refractivity contribution in [3.8, 4) is 0 Å². The van der Waals surface area contributed by atoms with Gasteiger partial charge >= 0.3 is 0 Å². The van der Waals surface area contributed by atoms with Gasteiger partial charge in [-0.1, -0.05) is 37.1 Å². The van der Waals surface area contributed by atoms with Crippen LogP contribution in [0.2, 0.25) is 0 Å². The van der Waals surface area contributed by atoms with E-state index in [1.807, 2.05) is 0 Å². The van der Waals surface area contributed by atoms with E-state index in [0.717, 1.165) is 11.8 Å². The Morgan fingerprint density at radius 2 is 2.00 bits per heavy atom. The lowest BCUT2D eigenvalue weighted by atomic mass is 9.65. The zero-order chi connectivity index (χ0) is 10.8. The first-order valence-corrected chi connectivity index (χ1v) is 6.58. The maximum Gasteiger partial charge on any atom is 0.117 e. The second-order valence-electron chi connectivity index (χ2n) is 5.79. The van der Waals surface area contributed by atoms with Gasteiger partial charge in [-0.15, -0.1) is 0 Å². The molecule has 0 aromatic heterocycles. The third kappa shape index (κ3) is 1.00. The van der Waals surface area contributed by atoms with Crippen molar-refractivity contribution in [1.82, 2.24) is 0 Å². The number of ether oxygens (including phenoxy) is 1. The molecule has 2 fully saturated rings. The summed E-state index contributed by atoms with van der Waals surface area (Å²) in [6.07, 6.45) is 6.07. The van der Waals surface area contributed by atoms with Crippen LogP contribution in [0.3, 0.4) is 0 Å². The quantitative estimate of drug-likeness (QED) is 0.601. The van der Waals surface area contributed by atoms with Gasteiger partial charge in [-0.3, -0.25) is 0 Å². The average molecular weight is 214 g/mol. The molecule has 1 heterocycles. The number of epoxide rings is 1. The molecule has 4 atom stereocenters. The highest BCUT2D eigenvalue weighted by Crippen LogP contribution is 2.61. The smallest absolute Gasteiger partial charge is 0.117 e. The van der Waals surface area contributed by atoms with Crippen LogP contribution in [-0.4, -0.2) is 6.10 Å². The van der Waals surface area contributed by atoms with Crippen LogP contribution in [0.4, 0.5) is 0 Å². The Bertz CT molecular complexity index is 439. The summed E-state index contributed by atoms with van der Waals surface area (Å²) in [5.41, 5.74) is 3.13. The van der Waals surface area contributed by atoms with Crippen LogP contribution < -0.4 is 0 Å². The highest BCUT2D eigenvalue weighted by Gasteiger charge is 2.62. The van der Waals surface area contributed by atoms with Gasteiger partial charge in [0.15, 0.2) is 0 Å².